The normalized spacial score (nSPS) is 22.4. The molecule has 18 nitrogen and oxygen atoms in total. The number of piperidine rings is 2. The standard InChI is InChI=1S/C46H59N11O7/c1-3-34-42(48-29-14-23-64-24-15-29)52-43(40(50-34)41(47)59)49-30-7-8-36(38(25-30)63-2)54-17-12-31(13-18-54)53-19-21-55(22-20-53)45(61)28-11-16-56(26-28)35-6-4-5-32-33(35)27-57(46(32)62)37-9-10-39(58)51-44(37)60/h4-8,25,28-29,31,37H,3,9-24,26-27H2,1-2H3,(H2,47,59)(H2,48,49,52)(H,51,58,60). The summed E-state index contributed by atoms with van der Waals surface area (Å²) >= 11 is 0. The molecule has 6 aliphatic heterocycles. The maximum absolute atomic E-state index is 13.9. The van der Waals surface area contributed by atoms with Crippen molar-refractivity contribution in [3.63, 3.8) is 0 Å². The molecule has 2 unspecified atom stereocenters. The van der Waals surface area contributed by atoms with E-state index in [0.717, 1.165) is 81.8 Å². The third-order valence-electron chi connectivity index (χ3n) is 13.9. The first-order valence-electron chi connectivity index (χ1n) is 22.9. The highest BCUT2D eigenvalue weighted by Gasteiger charge is 2.42. The number of nitrogens with two attached hydrogens (primary N) is 1. The number of rotatable bonds is 12. The monoisotopic (exact) mass is 877 g/mol. The maximum atomic E-state index is 13.9. The summed E-state index contributed by atoms with van der Waals surface area (Å²) in [7, 11) is 1.66. The van der Waals surface area contributed by atoms with Gasteiger partial charge in [0.2, 0.25) is 17.7 Å². The Bertz CT molecular complexity index is 2290. The van der Waals surface area contributed by atoms with E-state index in [0.29, 0.717) is 86.8 Å². The Balaban J connectivity index is 0.770. The number of carbonyl (C=O) groups is 5. The van der Waals surface area contributed by atoms with Crippen molar-refractivity contribution in [2.45, 2.75) is 83.0 Å². The fraction of sp³-hybridized carbons (Fsp3) is 0.543. The third kappa shape index (κ3) is 8.76. The second-order valence-corrected chi connectivity index (χ2v) is 17.7. The fourth-order valence-electron chi connectivity index (χ4n) is 10.4. The molecule has 0 bridgehead atoms. The minimum atomic E-state index is -0.665. The van der Waals surface area contributed by atoms with Gasteiger partial charge < -0.3 is 45.4 Å². The summed E-state index contributed by atoms with van der Waals surface area (Å²) in [6.07, 6.45) is 5.58. The van der Waals surface area contributed by atoms with Crippen molar-refractivity contribution in [1.29, 1.82) is 0 Å². The average Bonchev–Trinajstić information content (AvgIpc) is 3.94. The predicted molar refractivity (Wildman–Crippen MR) is 240 cm³/mol. The van der Waals surface area contributed by atoms with Gasteiger partial charge in [0.25, 0.3) is 11.8 Å². The molecule has 2 aromatic carbocycles. The number of anilines is 5. The van der Waals surface area contributed by atoms with Gasteiger partial charge in [0.15, 0.2) is 17.3 Å². The Labute approximate surface area is 373 Å². The van der Waals surface area contributed by atoms with Crippen LogP contribution in [0.5, 0.6) is 5.75 Å². The van der Waals surface area contributed by atoms with E-state index >= 15 is 0 Å². The van der Waals surface area contributed by atoms with Crippen LogP contribution in [0.4, 0.5) is 28.7 Å². The van der Waals surface area contributed by atoms with Crippen LogP contribution in [0.1, 0.15) is 84.0 Å². The number of imide groups is 1. The van der Waals surface area contributed by atoms with Crippen molar-refractivity contribution in [1.82, 2.24) is 30.0 Å². The number of amides is 5. The van der Waals surface area contributed by atoms with E-state index in [4.69, 9.17) is 20.2 Å². The van der Waals surface area contributed by atoms with Gasteiger partial charge in [-0.2, -0.15) is 0 Å². The highest BCUT2D eigenvalue weighted by atomic mass is 16.5. The molecule has 0 saturated carbocycles. The van der Waals surface area contributed by atoms with Gasteiger partial charge in [-0.3, -0.25) is 34.2 Å². The molecule has 18 heteroatoms. The summed E-state index contributed by atoms with van der Waals surface area (Å²) in [6.45, 7) is 9.76. The Morgan fingerprint density at radius 2 is 1.66 bits per heavy atom. The van der Waals surface area contributed by atoms with E-state index in [9.17, 15) is 24.0 Å². The van der Waals surface area contributed by atoms with Gasteiger partial charge in [-0.25, -0.2) is 9.97 Å². The van der Waals surface area contributed by atoms with Crippen molar-refractivity contribution in [2.24, 2.45) is 11.7 Å². The van der Waals surface area contributed by atoms with Gasteiger partial charge in [-0.05, 0) is 69.2 Å². The molecule has 340 valence electrons. The molecule has 0 aliphatic carbocycles. The first kappa shape index (κ1) is 43.3. The maximum Gasteiger partial charge on any atom is 0.271 e. The second-order valence-electron chi connectivity index (χ2n) is 17.7. The van der Waals surface area contributed by atoms with Crippen molar-refractivity contribution >= 4 is 58.2 Å². The zero-order valence-electron chi connectivity index (χ0n) is 36.8. The Hall–Kier alpha value is -6.01. The van der Waals surface area contributed by atoms with Crippen LogP contribution >= 0.6 is 0 Å². The van der Waals surface area contributed by atoms with Crippen LogP contribution in [-0.4, -0.2) is 145 Å². The largest absolute Gasteiger partial charge is 0.495 e. The van der Waals surface area contributed by atoms with Crippen LogP contribution in [0.15, 0.2) is 36.4 Å². The third-order valence-corrected chi connectivity index (χ3v) is 13.9. The van der Waals surface area contributed by atoms with Crippen LogP contribution in [0, 0.1) is 5.92 Å². The molecule has 2 atom stereocenters. The molecule has 9 rings (SSSR count). The highest BCUT2D eigenvalue weighted by molar-refractivity contribution is 6.06. The van der Waals surface area contributed by atoms with Crippen LogP contribution in [-0.2, 0) is 32.1 Å². The Morgan fingerprint density at radius 1 is 0.891 bits per heavy atom. The highest BCUT2D eigenvalue weighted by Crippen LogP contribution is 2.38. The van der Waals surface area contributed by atoms with Crippen molar-refractivity contribution in [2.75, 3.05) is 93.1 Å². The lowest BCUT2D eigenvalue weighted by Crippen LogP contribution is -2.55. The van der Waals surface area contributed by atoms with E-state index in [2.05, 4.69) is 35.6 Å². The number of aromatic nitrogens is 2. The summed E-state index contributed by atoms with van der Waals surface area (Å²) < 4.78 is 11.4. The second kappa shape index (κ2) is 18.6. The minimum Gasteiger partial charge on any atom is -0.495 e. The van der Waals surface area contributed by atoms with E-state index in [1.807, 2.05) is 42.2 Å². The molecule has 0 spiro atoms. The lowest BCUT2D eigenvalue weighted by molar-refractivity contribution is -0.138. The van der Waals surface area contributed by atoms with Crippen molar-refractivity contribution in [3.05, 3.63) is 58.9 Å². The molecule has 64 heavy (non-hydrogen) atoms. The van der Waals surface area contributed by atoms with Crippen LogP contribution in [0.3, 0.4) is 0 Å². The molecule has 3 aromatic rings. The quantitative estimate of drug-likeness (QED) is 0.193. The van der Waals surface area contributed by atoms with Gasteiger partial charge in [0.05, 0.1) is 24.4 Å². The summed E-state index contributed by atoms with van der Waals surface area (Å²) in [6, 6.07) is 11.6. The predicted octanol–water partition coefficient (Wildman–Crippen LogP) is 2.88. The SMILES string of the molecule is CCc1nc(C(N)=O)c(Nc2ccc(N3CCC(N4CCN(C(=O)C5CCN(c6cccc7c6CN(C6CCC(=O)NC6=O)C7=O)C5)CC4)CC3)c(OC)c2)nc1NC1CCOCC1. The molecular weight excluding hydrogens is 819 g/mol. The number of carbonyl (C=O) groups excluding carboxylic acids is 5. The molecule has 5 saturated heterocycles. The van der Waals surface area contributed by atoms with E-state index in [-0.39, 0.29) is 47.6 Å². The first-order valence-corrected chi connectivity index (χ1v) is 22.9. The molecule has 6 aliphatic rings. The zero-order chi connectivity index (χ0) is 44.5. The number of nitrogens with one attached hydrogen (secondary N) is 3. The van der Waals surface area contributed by atoms with Crippen molar-refractivity contribution < 1.29 is 33.4 Å². The first-order chi connectivity index (χ1) is 31.1. The van der Waals surface area contributed by atoms with Gasteiger partial charge in [0, 0.05) is 119 Å². The number of fused-ring (bicyclic) bond motifs is 1. The number of nitrogens with zero attached hydrogens (tertiary/aromatic N) is 7. The zero-order valence-corrected chi connectivity index (χ0v) is 36.8. The topological polar surface area (TPSA) is 208 Å². The number of hydrogen-bond donors (Lipinski definition) is 4. The van der Waals surface area contributed by atoms with Crippen molar-refractivity contribution in [3.8, 4) is 5.75 Å². The summed E-state index contributed by atoms with van der Waals surface area (Å²) in [5.74, 6) is 0.131. The molecule has 5 fully saturated rings. The van der Waals surface area contributed by atoms with E-state index in [1.165, 1.54) is 0 Å². The van der Waals surface area contributed by atoms with Crippen LogP contribution in [0.2, 0.25) is 0 Å². The number of hydrogen-bond acceptors (Lipinski definition) is 14. The van der Waals surface area contributed by atoms with Gasteiger partial charge in [-0.15, -0.1) is 0 Å². The summed E-state index contributed by atoms with van der Waals surface area (Å²) in [5, 5.41) is 9.18. The number of aryl methyl sites for hydroxylation is 1. The summed E-state index contributed by atoms with van der Waals surface area (Å²) in [4.78, 5) is 84.4. The molecule has 1 aromatic heterocycles. The molecule has 7 heterocycles. The smallest absolute Gasteiger partial charge is 0.271 e. The van der Waals surface area contributed by atoms with Gasteiger partial charge in [0.1, 0.15) is 11.8 Å². The lowest BCUT2D eigenvalue weighted by atomic mass is 10.0. The minimum absolute atomic E-state index is 0.0863. The molecule has 5 amide bonds. The molecule has 5 N–H and O–H groups in total. The Morgan fingerprint density at radius 3 is 2.38 bits per heavy atom. The number of ether oxygens (including phenoxy) is 2. The van der Waals surface area contributed by atoms with Crippen LogP contribution < -0.4 is 36.2 Å². The van der Waals surface area contributed by atoms with Crippen LogP contribution in [0.25, 0.3) is 0 Å². The molecule has 0 radical (unpaired) electrons. The number of piperazine rings is 1. The lowest BCUT2D eigenvalue weighted by Gasteiger charge is -2.43. The van der Waals surface area contributed by atoms with Gasteiger partial charge >= 0.3 is 0 Å². The number of primary amides is 1. The summed E-state index contributed by atoms with van der Waals surface area (Å²) in [5.41, 5.74) is 10.7. The fourth-order valence-corrected chi connectivity index (χ4v) is 10.4. The Kier molecular flexibility index (Phi) is 12.6. The van der Waals surface area contributed by atoms with E-state index in [1.54, 1.807) is 18.1 Å². The average molecular weight is 878 g/mol. The number of methoxy groups -OCH3 is 1. The molecular formula is C46H59N11O7. The number of benzene rings is 2. The van der Waals surface area contributed by atoms with E-state index < -0.39 is 17.9 Å². The van der Waals surface area contributed by atoms with Gasteiger partial charge in [-0.1, -0.05) is 13.0 Å².